The Morgan fingerprint density at radius 2 is 1.82 bits per heavy atom. The van der Waals surface area contributed by atoms with E-state index in [9.17, 15) is 0 Å². The first-order valence-electron chi connectivity index (χ1n) is 3.13. The number of hydrogen-bond acceptors (Lipinski definition) is 6. The van der Waals surface area contributed by atoms with E-state index in [1.54, 1.807) is 0 Å². The van der Waals surface area contributed by atoms with E-state index in [1.807, 2.05) is 0 Å². The molecule has 66 valence electrons. The van der Waals surface area contributed by atoms with Gasteiger partial charge < -0.3 is 20.1 Å². The molecule has 1 heterocycles. The molecule has 1 rings (SSSR count). The Morgan fingerprint density at radius 1 is 1.18 bits per heavy atom. The minimum Gasteiger partial charge on any atom is -0.387 e. The molecular weight excluding hydrogens is 156 g/mol. The smallest absolute Gasteiger partial charge is 0.183 e. The molecule has 1 fully saturated rings. The minimum absolute atomic E-state index is 0.157. The van der Waals surface area contributed by atoms with Crippen molar-refractivity contribution in [3.63, 3.8) is 0 Å². The molecule has 0 aromatic heterocycles. The van der Waals surface area contributed by atoms with Crippen molar-refractivity contribution in [2.24, 2.45) is 0 Å². The molecule has 0 aromatic carbocycles. The summed E-state index contributed by atoms with van der Waals surface area (Å²) in [5.41, 5.74) is 0. The predicted molar refractivity (Wildman–Crippen MR) is 31.5 cm³/mol. The number of rotatable bonds is 1. The highest BCUT2D eigenvalue weighted by Crippen LogP contribution is 2.15. The summed E-state index contributed by atoms with van der Waals surface area (Å²) in [4.78, 5) is 3.78. The van der Waals surface area contributed by atoms with Crippen LogP contribution in [0.5, 0.6) is 0 Å². The number of hydrogen-bond donors (Lipinski definition) is 4. The molecule has 0 amide bonds. The van der Waals surface area contributed by atoms with Crippen LogP contribution in [0.4, 0.5) is 0 Å². The predicted octanol–water partition coefficient (Wildman–Crippen LogP) is -2.08. The van der Waals surface area contributed by atoms with Crippen LogP contribution in [0.3, 0.4) is 0 Å². The zero-order valence-corrected chi connectivity index (χ0v) is 5.62. The maximum absolute atomic E-state index is 9.03. The van der Waals surface area contributed by atoms with Gasteiger partial charge in [0.05, 0.1) is 6.61 Å². The van der Waals surface area contributed by atoms with Crippen molar-refractivity contribution >= 4 is 0 Å². The van der Waals surface area contributed by atoms with Gasteiger partial charge in [0, 0.05) is 0 Å². The van der Waals surface area contributed by atoms with Crippen LogP contribution in [0.25, 0.3) is 0 Å². The lowest BCUT2D eigenvalue weighted by Crippen LogP contribution is -2.53. The molecule has 0 aromatic rings. The largest absolute Gasteiger partial charge is 0.387 e. The second-order valence-corrected chi connectivity index (χ2v) is 2.35. The van der Waals surface area contributed by atoms with E-state index in [-0.39, 0.29) is 6.61 Å². The highest BCUT2D eigenvalue weighted by atomic mass is 17.1. The van der Waals surface area contributed by atoms with Gasteiger partial charge in [-0.25, -0.2) is 4.89 Å². The average molecular weight is 166 g/mol. The van der Waals surface area contributed by atoms with E-state index in [2.05, 4.69) is 9.62 Å². The Hall–Kier alpha value is -0.240. The topological polar surface area (TPSA) is 99.4 Å². The number of aliphatic hydroxyl groups is 3. The van der Waals surface area contributed by atoms with E-state index in [4.69, 9.17) is 20.6 Å². The fraction of sp³-hybridized carbons (Fsp3) is 1.00. The van der Waals surface area contributed by atoms with Crippen LogP contribution >= 0.6 is 0 Å². The fourth-order valence-electron chi connectivity index (χ4n) is 0.872. The summed E-state index contributed by atoms with van der Waals surface area (Å²) in [6, 6.07) is 0. The molecule has 0 saturated carbocycles. The van der Waals surface area contributed by atoms with E-state index in [0.29, 0.717) is 0 Å². The van der Waals surface area contributed by atoms with E-state index < -0.39 is 24.6 Å². The van der Waals surface area contributed by atoms with Crippen LogP contribution in [-0.2, 0) is 9.62 Å². The maximum atomic E-state index is 9.03. The molecule has 4 N–H and O–H groups in total. The zero-order valence-electron chi connectivity index (χ0n) is 5.62. The third-order valence-electron chi connectivity index (χ3n) is 1.59. The zero-order chi connectivity index (χ0) is 8.43. The van der Waals surface area contributed by atoms with Crippen LogP contribution in [0, 0.1) is 0 Å². The van der Waals surface area contributed by atoms with Gasteiger partial charge in [-0.2, -0.15) is 0 Å². The van der Waals surface area contributed by atoms with Crippen molar-refractivity contribution in [3.8, 4) is 0 Å². The molecule has 0 radical (unpaired) electrons. The fourth-order valence-corrected chi connectivity index (χ4v) is 0.872. The highest BCUT2D eigenvalue weighted by Gasteiger charge is 2.38. The van der Waals surface area contributed by atoms with E-state index >= 15 is 0 Å². The molecule has 0 spiro atoms. The summed E-state index contributed by atoms with van der Waals surface area (Å²) in [7, 11) is 0. The maximum Gasteiger partial charge on any atom is 0.183 e. The Bertz CT molecular complexity index is 126. The van der Waals surface area contributed by atoms with E-state index in [1.165, 1.54) is 0 Å². The lowest BCUT2D eigenvalue weighted by atomic mass is 10.1. The average Bonchev–Trinajstić information content (AvgIpc) is 2.01. The van der Waals surface area contributed by atoms with Crippen molar-refractivity contribution in [1.29, 1.82) is 0 Å². The lowest BCUT2D eigenvalue weighted by Gasteiger charge is -2.32. The van der Waals surface area contributed by atoms with Crippen molar-refractivity contribution in [1.82, 2.24) is 0 Å². The standard InChI is InChI=1S/C5H10O6/c6-3-2(11-9)1-10-5(8)4(3)7/h2-9H,1H2/t2-,3+,4-,5-/m1/s1. The van der Waals surface area contributed by atoms with Gasteiger partial charge in [-0.05, 0) is 0 Å². The van der Waals surface area contributed by atoms with Gasteiger partial charge in [-0.3, -0.25) is 5.26 Å². The van der Waals surface area contributed by atoms with Gasteiger partial charge >= 0.3 is 0 Å². The molecule has 6 nitrogen and oxygen atoms in total. The quantitative estimate of drug-likeness (QED) is 0.263. The summed E-state index contributed by atoms with van der Waals surface area (Å²) in [5, 5.41) is 34.9. The van der Waals surface area contributed by atoms with Crippen LogP contribution in [-0.4, -0.2) is 51.8 Å². The molecular formula is C5H10O6. The normalized spacial score (nSPS) is 45.8. The van der Waals surface area contributed by atoms with Crippen molar-refractivity contribution in [3.05, 3.63) is 0 Å². The summed E-state index contributed by atoms with van der Waals surface area (Å²) in [6.45, 7) is -0.157. The van der Waals surface area contributed by atoms with Crippen LogP contribution in [0.2, 0.25) is 0 Å². The number of ether oxygens (including phenoxy) is 1. The molecule has 0 unspecified atom stereocenters. The van der Waals surface area contributed by atoms with Crippen molar-refractivity contribution in [2.75, 3.05) is 6.61 Å². The second-order valence-electron chi connectivity index (χ2n) is 2.35. The highest BCUT2D eigenvalue weighted by molar-refractivity contribution is 4.81. The Kier molecular flexibility index (Phi) is 2.77. The van der Waals surface area contributed by atoms with Gasteiger partial charge in [0.2, 0.25) is 0 Å². The molecule has 1 saturated heterocycles. The first-order chi connectivity index (χ1) is 5.16. The van der Waals surface area contributed by atoms with Gasteiger partial charge in [-0.15, -0.1) is 0 Å². The van der Waals surface area contributed by atoms with Crippen LogP contribution < -0.4 is 0 Å². The first kappa shape index (κ1) is 8.85. The molecule has 11 heavy (non-hydrogen) atoms. The monoisotopic (exact) mass is 166 g/mol. The summed E-state index contributed by atoms with van der Waals surface area (Å²) in [5.74, 6) is 0. The second kappa shape index (κ2) is 3.44. The first-order valence-corrected chi connectivity index (χ1v) is 3.13. The molecule has 6 heteroatoms. The van der Waals surface area contributed by atoms with Gasteiger partial charge in [0.25, 0.3) is 0 Å². The summed E-state index contributed by atoms with van der Waals surface area (Å²) >= 11 is 0. The minimum atomic E-state index is -1.44. The molecule has 1 aliphatic heterocycles. The summed E-state index contributed by atoms with van der Waals surface area (Å²) < 4.78 is 4.52. The van der Waals surface area contributed by atoms with Crippen molar-refractivity contribution < 1.29 is 30.2 Å². The Balaban J connectivity index is 2.52. The van der Waals surface area contributed by atoms with Crippen LogP contribution in [0.15, 0.2) is 0 Å². The molecule has 1 aliphatic rings. The van der Waals surface area contributed by atoms with Crippen LogP contribution in [0.1, 0.15) is 0 Å². The Labute approximate surface area is 62.5 Å². The molecule has 0 aliphatic carbocycles. The van der Waals surface area contributed by atoms with Gasteiger partial charge in [-0.1, -0.05) is 0 Å². The third-order valence-corrected chi connectivity index (χ3v) is 1.59. The SMILES string of the molecule is OO[C@@H]1CO[C@@H](O)[C@H](O)[C@H]1O. The van der Waals surface area contributed by atoms with Crippen molar-refractivity contribution in [2.45, 2.75) is 24.6 Å². The van der Waals surface area contributed by atoms with Gasteiger partial charge in [0.15, 0.2) is 6.29 Å². The van der Waals surface area contributed by atoms with E-state index in [0.717, 1.165) is 0 Å². The number of aliphatic hydroxyl groups excluding tert-OH is 3. The lowest BCUT2D eigenvalue weighted by molar-refractivity contribution is -0.348. The van der Waals surface area contributed by atoms with Gasteiger partial charge in [0.1, 0.15) is 18.3 Å². The molecule has 0 bridgehead atoms. The third kappa shape index (κ3) is 1.67. The summed E-state index contributed by atoms with van der Waals surface area (Å²) in [6.07, 6.45) is -5.20. The molecule has 4 atom stereocenters. The Morgan fingerprint density at radius 3 is 2.36 bits per heavy atom.